The molecule has 4 N–H and O–H groups in total. The number of aromatic nitrogens is 3. The number of pyridine rings is 2. The number of hydrogen-bond donors (Lipinski definition) is 3. The number of carboxylic acid groups (broad SMARTS) is 1. The predicted molar refractivity (Wildman–Crippen MR) is 127 cm³/mol. The first-order valence-corrected chi connectivity index (χ1v) is 11.2. The van der Waals surface area contributed by atoms with Gasteiger partial charge >= 0.3 is 5.97 Å². The van der Waals surface area contributed by atoms with Crippen molar-refractivity contribution >= 4 is 17.5 Å². The second kappa shape index (κ2) is 11.9. The van der Waals surface area contributed by atoms with Gasteiger partial charge in [0.05, 0.1) is 5.69 Å². The monoisotopic (exact) mass is 449 g/mol. The van der Waals surface area contributed by atoms with Gasteiger partial charge in [-0.25, -0.2) is 4.98 Å². The van der Waals surface area contributed by atoms with E-state index in [0.29, 0.717) is 35.8 Å². The van der Waals surface area contributed by atoms with Gasteiger partial charge in [-0.05, 0) is 43.0 Å². The van der Waals surface area contributed by atoms with Crippen LogP contribution in [0.3, 0.4) is 0 Å². The Morgan fingerprint density at radius 1 is 1.27 bits per heavy atom. The van der Waals surface area contributed by atoms with Gasteiger partial charge in [0.15, 0.2) is 0 Å². The first kappa shape index (κ1) is 24.1. The van der Waals surface area contributed by atoms with Crippen molar-refractivity contribution in [1.29, 1.82) is 0 Å². The maximum atomic E-state index is 12.6. The summed E-state index contributed by atoms with van der Waals surface area (Å²) in [7, 11) is 0. The Kier molecular flexibility index (Phi) is 8.71. The fourth-order valence-corrected chi connectivity index (χ4v) is 3.52. The predicted octanol–water partition coefficient (Wildman–Crippen LogP) is 3.19. The highest BCUT2D eigenvalue weighted by Crippen LogP contribution is 2.33. The number of amides is 1. The van der Waals surface area contributed by atoms with E-state index in [2.05, 4.69) is 21.9 Å². The van der Waals surface area contributed by atoms with Gasteiger partial charge in [0, 0.05) is 37.6 Å². The van der Waals surface area contributed by atoms with E-state index in [1.807, 2.05) is 6.07 Å². The lowest BCUT2D eigenvalue weighted by atomic mass is 10.00. The van der Waals surface area contributed by atoms with Gasteiger partial charge in [0.1, 0.15) is 17.3 Å². The molecule has 1 fully saturated rings. The number of imidazole rings is 1. The molecule has 8 heteroatoms. The van der Waals surface area contributed by atoms with Crippen LogP contribution in [0.15, 0.2) is 61.4 Å². The van der Waals surface area contributed by atoms with E-state index in [0.717, 1.165) is 18.8 Å². The van der Waals surface area contributed by atoms with E-state index in [1.165, 1.54) is 12.8 Å². The van der Waals surface area contributed by atoms with Crippen LogP contribution in [0.25, 0.3) is 5.65 Å². The number of nitrogens with two attached hydrogens (primary N) is 1. The van der Waals surface area contributed by atoms with Crippen molar-refractivity contribution < 1.29 is 14.7 Å². The highest BCUT2D eigenvalue weighted by Gasteiger charge is 2.25. The van der Waals surface area contributed by atoms with Crippen LogP contribution in [-0.2, 0) is 11.2 Å². The van der Waals surface area contributed by atoms with E-state index in [1.54, 1.807) is 53.2 Å². The minimum atomic E-state index is -0.967. The molecule has 1 unspecified atom stereocenters. The molecule has 33 heavy (non-hydrogen) atoms. The molecule has 4 rings (SSSR count). The minimum Gasteiger partial charge on any atom is -0.481 e. The zero-order valence-electron chi connectivity index (χ0n) is 18.7. The third-order valence-corrected chi connectivity index (χ3v) is 5.48. The fraction of sp³-hybridized carbons (Fsp3) is 0.360. The largest absolute Gasteiger partial charge is 0.481 e. The standard InChI is InChI=1S/C22H24N4O3.C3H7N/c27-21(24-12-4-5-15-9-10-15)19-7-3-8-20-25-18(14-26(19)20)17(22(28)29)13-16-6-1-2-11-23-16;1-2-3-4/h1-3,6-8,11,14-15,17H,4-5,9-10,12-13H2,(H,24,27)(H,28,29);2H,1,3-4H2. The molecule has 8 nitrogen and oxygen atoms in total. The molecule has 3 heterocycles. The number of carbonyl (C=O) groups excluding carboxylic acids is 1. The number of carboxylic acids is 1. The highest BCUT2D eigenvalue weighted by atomic mass is 16.4. The number of nitrogens with zero attached hydrogens (tertiary/aromatic N) is 3. The summed E-state index contributed by atoms with van der Waals surface area (Å²) < 4.78 is 1.67. The zero-order valence-corrected chi connectivity index (χ0v) is 18.7. The molecule has 3 aromatic rings. The quantitative estimate of drug-likeness (QED) is 0.323. The summed E-state index contributed by atoms with van der Waals surface area (Å²) in [5, 5.41) is 12.7. The molecule has 0 bridgehead atoms. The molecule has 0 radical (unpaired) electrons. The minimum absolute atomic E-state index is 0.174. The summed E-state index contributed by atoms with van der Waals surface area (Å²) in [5.41, 5.74) is 7.02. The Labute approximate surface area is 193 Å². The first-order valence-electron chi connectivity index (χ1n) is 11.2. The van der Waals surface area contributed by atoms with Gasteiger partial charge in [-0.2, -0.15) is 0 Å². The lowest BCUT2D eigenvalue weighted by molar-refractivity contribution is -0.138. The van der Waals surface area contributed by atoms with Gasteiger partial charge in [0.25, 0.3) is 5.91 Å². The SMILES string of the molecule is C=CCN.O=C(NCCCC1CC1)c1cccc2nc(C(Cc3ccccn3)C(=O)O)cn12. The molecule has 3 aromatic heterocycles. The molecule has 0 saturated heterocycles. The Morgan fingerprint density at radius 3 is 2.70 bits per heavy atom. The van der Waals surface area contributed by atoms with Crippen LogP contribution >= 0.6 is 0 Å². The number of rotatable bonds is 10. The van der Waals surface area contributed by atoms with Crippen molar-refractivity contribution in [2.75, 3.05) is 13.1 Å². The molecule has 174 valence electrons. The van der Waals surface area contributed by atoms with Crippen LogP contribution < -0.4 is 11.1 Å². The van der Waals surface area contributed by atoms with Crippen LogP contribution in [0.5, 0.6) is 0 Å². The van der Waals surface area contributed by atoms with E-state index in [4.69, 9.17) is 5.73 Å². The van der Waals surface area contributed by atoms with E-state index >= 15 is 0 Å². The molecular weight excluding hydrogens is 418 g/mol. The zero-order chi connectivity index (χ0) is 23.6. The lowest BCUT2D eigenvalue weighted by Crippen LogP contribution is -2.26. The van der Waals surface area contributed by atoms with Crippen LogP contribution in [0.2, 0.25) is 0 Å². The highest BCUT2D eigenvalue weighted by molar-refractivity contribution is 5.93. The smallest absolute Gasteiger partial charge is 0.313 e. The molecule has 0 aromatic carbocycles. The Bertz CT molecular complexity index is 1080. The van der Waals surface area contributed by atoms with Crippen molar-refractivity contribution in [3.05, 3.63) is 78.5 Å². The maximum absolute atomic E-state index is 12.6. The van der Waals surface area contributed by atoms with Gasteiger partial charge in [0.2, 0.25) is 0 Å². The van der Waals surface area contributed by atoms with E-state index in [-0.39, 0.29) is 12.3 Å². The average Bonchev–Trinajstić information content (AvgIpc) is 3.56. The van der Waals surface area contributed by atoms with Crippen molar-refractivity contribution in [2.45, 2.75) is 38.0 Å². The van der Waals surface area contributed by atoms with Crippen LogP contribution in [0.4, 0.5) is 0 Å². The summed E-state index contributed by atoms with van der Waals surface area (Å²) in [4.78, 5) is 33.2. The van der Waals surface area contributed by atoms with Gasteiger partial charge in [-0.15, -0.1) is 6.58 Å². The first-order chi connectivity index (χ1) is 16.0. The fourth-order valence-electron chi connectivity index (χ4n) is 3.52. The molecule has 0 aliphatic heterocycles. The van der Waals surface area contributed by atoms with Gasteiger partial charge in [-0.1, -0.05) is 31.1 Å². The molecular formula is C25H31N5O3. The second-order valence-corrected chi connectivity index (χ2v) is 8.09. The molecule has 1 atom stereocenters. The third kappa shape index (κ3) is 6.98. The molecule has 1 amide bonds. The van der Waals surface area contributed by atoms with Crippen LogP contribution in [0.1, 0.15) is 53.5 Å². The Balaban J connectivity index is 0.000000709. The Hall–Kier alpha value is -3.52. The number of nitrogens with one attached hydrogen (secondary N) is 1. The van der Waals surface area contributed by atoms with Gasteiger partial charge in [-0.3, -0.25) is 19.0 Å². The normalized spacial score (nSPS) is 13.6. The summed E-state index contributed by atoms with van der Waals surface area (Å²) in [6.45, 7) is 4.58. The van der Waals surface area contributed by atoms with Gasteiger partial charge < -0.3 is 16.2 Å². The summed E-state index contributed by atoms with van der Waals surface area (Å²) >= 11 is 0. The summed E-state index contributed by atoms with van der Waals surface area (Å²) in [6, 6.07) is 10.7. The van der Waals surface area contributed by atoms with Crippen molar-refractivity contribution in [2.24, 2.45) is 11.7 Å². The summed E-state index contributed by atoms with van der Waals surface area (Å²) in [5.74, 6) is -1.13. The average molecular weight is 450 g/mol. The van der Waals surface area contributed by atoms with Crippen LogP contribution in [0, 0.1) is 5.92 Å². The number of carbonyl (C=O) groups is 2. The van der Waals surface area contributed by atoms with Crippen LogP contribution in [-0.4, -0.2) is 44.4 Å². The molecule has 1 aliphatic carbocycles. The molecule has 1 aliphatic rings. The maximum Gasteiger partial charge on any atom is 0.313 e. The van der Waals surface area contributed by atoms with Crippen molar-refractivity contribution in [1.82, 2.24) is 19.7 Å². The van der Waals surface area contributed by atoms with E-state index in [9.17, 15) is 14.7 Å². The van der Waals surface area contributed by atoms with E-state index < -0.39 is 11.9 Å². The van der Waals surface area contributed by atoms with Crippen molar-refractivity contribution in [3.63, 3.8) is 0 Å². The molecule has 0 spiro atoms. The number of fused-ring (bicyclic) bond motifs is 1. The number of hydrogen-bond acceptors (Lipinski definition) is 5. The lowest BCUT2D eigenvalue weighted by Gasteiger charge is -2.09. The van der Waals surface area contributed by atoms with Crippen molar-refractivity contribution in [3.8, 4) is 0 Å². The second-order valence-electron chi connectivity index (χ2n) is 8.09. The topological polar surface area (TPSA) is 123 Å². The third-order valence-electron chi connectivity index (χ3n) is 5.48. The molecule has 1 saturated carbocycles. The number of aliphatic carboxylic acids is 1. The Morgan fingerprint density at radius 2 is 2.06 bits per heavy atom. The summed E-state index contributed by atoms with van der Waals surface area (Å²) in [6.07, 6.45) is 9.95.